The van der Waals surface area contributed by atoms with Crippen LogP contribution in [0.25, 0.3) is 0 Å². The Bertz CT molecular complexity index is 843. The van der Waals surface area contributed by atoms with Crippen LogP contribution in [0.4, 0.5) is 14.5 Å². The molecule has 0 bridgehead atoms. The van der Waals surface area contributed by atoms with Crippen LogP contribution < -0.4 is 5.73 Å². The first-order chi connectivity index (χ1) is 9.81. The van der Waals surface area contributed by atoms with Crippen LogP contribution in [0.15, 0.2) is 41.3 Å². The van der Waals surface area contributed by atoms with Crippen molar-refractivity contribution in [3.05, 3.63) is 59.2 Å². The third-order valence-corrected chi connectivity index (χ3v) is 4.46. The molecule has 0 radical (unpaired) electrons. The van der Waals surface area contributed by atoms with Gasteiger partial charge in [-0.15, -0.1) is 0 Å². The molecule has 21 heavy (non-hydrogen) atoms. The van der Waals surface area contributed by atoms with Gasteiger partial charge in [-0.05, 0) is 42.0 Å². The smallest absolute Gasteiger partial charge is 0.182 e. The Morgan fingerprint density at radius 3 is 2.48 bits per heavy atom. The molecular formula is C14H10F2N2O2S. The molecule has 2 aromatic rings. The van der Waals surface area contributed by atoms with Crippen molar-refractivity contribution in [2.75, 3.05) is 5.73 Å². The van der Waals surface area contributed by atoms with Crippen LogP contribution in [0.3, 0.4) is 0 Å². The van der Waals surface area contributed by atoms with Crippen molar-refractivity contribution in [3.63, 3.8) is 0 Å². The van der Waals surface area contributed by atoms with E-state index in [2.05, 4.69) is 0 Å². The maximum Gasteiger partial charge on any atom is 0.182 e. The number of nitriles is 1. The standard InChI is InChI=1S/C14H10F2N2O2S/c15-11-4-9(7-17)3-10(5-11)8-21(19,20)12-1-2-14(18)13(16)6-12/h1-6H,8,18H2. The van der Waals surface area contributed by atoms with Gasteiger partial charge in [-0.2, -0.15) is 5.26 Å². The van der Waals surface area contributed by atoms with Gasteiger partial charge in [0.1, 0.15) is 11.6 Å². The number of benzene rings is 2. The molecule has 0 amide bonds. The minimum absolute atomic E-state index is 0.0173. The lowest BCUT2D eigenvalue weighted by Gasteiger charge is -2.06. The normalized spacial score (nSPS) is 11.1. The monoisotopic (exact) mass is 308 g/mol. The summed E-state index contributed by atoms with van der Waals surface area (Å²) in [5.41, 5.74) is 5.26. The Morgan fingerprint density at radius 1 is 1.14 bits per heavy atom. The predicted molar refractivity (Wildman–Crippen MR) is 72.8 cm³/mol. The molecule has 0 spiro atoms. The summed E-state index contributed by atoms with van der Waals surface area (Å²) >= 11 is 0. The molecule has 2 rings (SSSR count). The topological polar surface area (TPSA) is 84.0 Å². The van der Waals surface area contributed by atoms with Gasteiger partial charge in [0.25, 0.3) is 0 Å². The number of hydrogen-bond donors (Lipinski definition) is 1. The zero-order valence-corrected chi connectivity index (χ0v) is 11.5. The second-order valence-corrected chi connectivity index (χ2v) is 6.39. The van der Waals surface area contributed by atoms with E-state index in [4.69, 9.17) is 11.0 Å². The van der Waals surface area contributed by atoms with E-state index in [1.165, 1.54) is 12.1 Å². The lowest BCUT2D eigenvalue weighted by molar-refractivity contribution is 0.590. The van der Waals surface area contributed by atoms with E-state index >= 15 is 0 Å². The Labute approximate surface area is 120 Å². The van der Waals surface area contributed by atoms with Gasteiger partial charge in [-0.25, -0.2) is 17.2 Å². The maximum absolute atomic E-state index is 13.3. The first-order valence-corrected chi connectivity index (χ1v) is 7.44. The largest absolute Gasteiger partial charge is 0.396 e. The van der Waals surface area contributed by atoms with Gasteiger partial charge in [0.15, 0.2) is 9.84 Å². The number of anilines is 1. The van der Waals surface area contributed by atoms with Crippen molar-refractivity contribution in [2.24, 2.45) is 0 Å². The van der Waals surface area contributed by atoms with Gasteiger partial charge in [-0.3, -0.25) is 0 Å². The minimum Gasteiger partial charge on any atom is -0.396 e. The first-order valence-electron chi connectivity index (χ1n) is 5.79. The van der Waals surface area contributed by atoms with Crippen LogP contribution in [0, 0.1) is 23.0 Å². The summed E-state index contributed by atoms with van der Waals surface area (Å²) in [5.74, 6) is -2.08. The zero-order valence-electron chi connectivity index (χ0n) is 10.7. The molecule has 0 fully saturated rings. The van der Waals surface area contributed by atoms with Crippen LogP contribution in [0.1, 0.15) is 11.1 Å². The van der Waals surface area contributed by atoms with Crippen LogP contribution in [0.5, 0.6) is 0 Å². The second kappa shape index (κ2) is 5.50. The van der Waals surface area contributed by atoms with Gasteiger partial charge in [0, 0.05) is 0 Å². The lowest BCUT2D eigenvalue weighted by atomic mass is 10.1. The van der Waals surface area contributed by atoms with Crippen molar-refractivity contribution in [2.45, 2.75) is 10.6 Å². The molecule has 0 aromatic heterocycles. The third-order valence-electron chi connectivity index (χ3n) is 2.77. The third kappa shape index (κ3) is 3.35. The van der Waals surface area contributed by atoms with Crippen LogP contribution in [-0.4, -0.2) is 8.42 Å². The minimum atomic E-state index is -3.87. The average Bonchev–Trinajstić information content (AvgIpc) is 2.40. The van der Waals surface area contributed by atoms with Crippen molar-refractivity contribution in [3.8, 4) is 6.07 Å². The summed E-state index contributed by atoms with van der Waals surface area (Å²) in [6.07, 6.45) is 0. The van der Waals surface area contributed by atoms with Crippen molar-refractivity contribution in [1.29, 1.82) is 5.26 Å². The lowest BCUT2D eigenvalue weighted by Crippen LogP contribution is -2.06. The molecule has 0 saturated heterocycles. The molecule has 0 saturated carbocycles. The predicted octanol–water partition coefficient (Wildman–Crippen LogP) is 2.39. The van der Waals surface area contributed by atoms with Gasteiger partial charge in [0.05, 0.1) is 28.0 Å². The van der Waals surface area contributed by atoms with E-state index in [0.29, 0.717) is 0 Å². The molecule has 0 atom stereocenters. The quantitative estimate of drug-likeness (QED) is 0.882. The summed E-state index contributed by atoms with van der Waals surface area (Å²) in [5, 5.41) is 8.74. The van der Waals surface area contributed by atoms with E-state index in [9.17, 15) is 17.2 Å². The molecule has 7 heteroatoms. The van der Waals surface area contributed by atoms with E-state index in [1.54, 1.807) is 6.07 Å². The summed E-state index contributed by atoms with van der Waals surface area (Å²) in [6, 6.07) is 8.17. The van der Waals surface area contributed by atoms with Gasteiger partial charge in [0.2, 0.25) is 0 Å². The number of nitrogen functional groups attached to an aromatic ring is 1. The number of sulfone groups is 1. The number of nitrogens with two attached hydrogens (primary N) is 1. The average molecular weight is 308 g/mol. The molecule has 0 unspecified atom stereocenters. The van der Waals surface area contributed by atoms with Crippen molar-refractivity contribution < 1.29 is 17.2 Å². The van der Waals surface area contributed by atoms with E-state index in [-0.39, 0.29) is 21.7 Å². The molecule has 0 aliphatic rings. The molecule has 0 aliphatic carbocycles. The Balaban J connectivity index is 2.40. The molecule has 2 aromatic carbocycles. The zero-order chi connectivity index (χ0) is 15.6. The van der Waals surface area contributed by atoms with E-state index < -0.39 is 27.2 Å². The number of hydrogen-bond acceptors (Lipinski definition) is 4. The Morgan fingerprint density at radius 2 is 1.86 bits per heavy atom. The molecule has 108 valence electrons. The summed E-state index contributed by atoms with van der Waals surface area (Å²) in [6.45, 7) is 0. The first kappa shape index (κ1) is 14.9. The fraction of sp³-hybridized carbons (Fsp3) is 0.0714. The Kier molecular flexibility index (Phi) is 3.91. The summed E-state index contributed by atoms with van der Waals surface area (Å²) in [7, 11) is -3.87. The molecule has 2 N–H and O–H groups in total. The number of rotatable bonds is 3. The highest BCUT2D eigenvalue weighted by atomic mass is 32.2. The molecule has 0 aliphatic heterocycles. The second-order valence-electron chi connectivity index (χ2n) is 4.40. The maximum atomic E-state index is 13.3. The number of halogens is 2. The molecule has 0 heterocycles. The fourth-order valence-electron chi connectivity index (χ4n) is 1.80. The SMILES string of the molecule is N#Cc1cc(F)cc(CS(=O)(=O)c2ccc(N)c(F)c2)c1. The van der Waals surface area contributed by atoms with Crippen molar-refractivity contribution in [1.82, 2.24) is 0 Å². The van der Waals surface area contributed by atoms with Gasteiger partial charge < -0.3 is 5.73 Å². The number of nitrogens with zero attached hydrogens (tertiary/aromatic N) is 1. The fourth-order valence-corrected chi connectivity index (χ4v) is 3.13. The van der Waals surface area contributed by atoms with Crippen LogP contribution >= 0.6 is 0 Å². The summed E-state index contributed by atoms with van der Waals surface area (Å²) < 4.78 is 51.0. The summed E-state index contributed by atoms with van der Waals surface area (Å²) in [4.78, 5) is -0.253. The van der Waals surface area contributed by atoms with E-state index in [1.807, 2.05) is 0 Å². The highest BCUT2D eigenvalue weighted by Gasteiger charge is 2.18. The molecule has 4 nitrogen and oxygen atoms in total. The van der Waals surface area contributed by atoms with Gasteiger partial charge in [-0.1, -0.05) is 0 Å². The highest BCUT2D eigenvalue weighted by Crippen LogP contribution is 2.21. The van der Waals surface area contributed by atoms with Crippen molar-refractivity contribution >= 4 is 15.5 Å². The van der Waals surface area contributed by atoms with Gasteiger partial charge >= 0.3 is 0 Å². The van der Waals surface area contributed by atoms with Crippen LogP contribution in [0.2, 0.25) is 0 Å². The van der Waals surface area contributed by atoms with E-state index in [0.717, 1.165) is 24.3 Å². The Hall–Kier alpha value is -2.46. The van der Waals surface area contributed by atoms with Crippen LogP contribution in [-0.2, 0) is 15.6 Å². The molecular weight excluding hydrogens is 298 g/mol. The highest BCUT2D eigenvalue weighted by molar-refractivity contribution is 7.90.